The van der Waals surface area contributed by atoms with E-state index in [4.69, 9.17) is 0 Å². The third-order valence-corrected chi connectivity index (χ3v) is 3.29. The Balaban J connectivity index is 2.50. The first kappa shape index (κ1) is 13.0. The molecule has 0 aliphatic carbocycles. The fraction of sp³-hybridized carbons (Fsp3) is 0.429. The Labute approximate surface area is 104 Å². The minimum Gasteiger partial charge on any atom is -0.361 e. The van der Waals surface area contributed by atoms with Crippen molar-refractivity contribution in [1.29, 1.82) is 0 Å². The molecule has 1 aromatic carbocycles. The molecule has 1 heterocycles. The number of hydrogen-bond donors (Lipinski definition) is 1. The molecule has 2 rings (SSSR count). The maximum absolute atomic E-state index is 12.7. The highest BCUT2D eigenvalue weighted by atomic mass is 19.4. The summed E-state index contributed by atoms with van der Waals surface area (Å²) in [6.45, 7) is 4.12. The number of halogens is 3. The van der Waals surface area contributed by atoms with E-state index < -0.39 is 11.7 Å². The molecule has 1 N–H and O–H groups in total. The van der Waals surface area contributed by atoms with E-state index >= 15 is 0 Å². The van der Waals surface area contributed by atoms with Gasteiger partial charge in [0.1, 0.15) is 0 Å². The Morgan fingerprint density at radius 2 is 2.00 bits per heavy atom. The molecule has 0 bridgehead atoms. The molecule has 0 amide bonds. The summed E-state index contributed by atoms with van der Waals surface area (Å²) >= 11 is 0. The van der Waals surface area contributed by atoms with Gasteiger partial charge in [0.15, 0.2) is 0 Å². The van der Waals surface area contributed by atoms with Crippen molar-refractivity contribution in [2.45, 2.75) is 38.8 Å². The van der Waals surface area contributed by atoms with Gasteiger partial charge in [0, 0.05) is 17.1 Å². The smallest absolute Gasteiger partial charge is 0.361 e. The largest absolute Gasteiger partial charge is 0.416 e. The van der Waals surface area contributed by atoms with Crippen molar-refractivity contribution < 1.29 is 13.2 Å². The number of aromatic amines is 1. The third-order valence-electron chi connectivity index (χ3n) is 3.29. The fourth-order valence-corrected chi connectivity index (χ4v) is 2.31. The summed E-state index contributed by atoms with van der Waals surface area (Å²) < 4.78 is 38.1. The van der Waals surface area contributed by atoms with Crippen LogP contribution in [0.3, 0.4) is 0 Å². The molecule has 0 radical (unpaired) electrons. The van der Waals surface area contributed by atoms with E-state index in [1.807, 2.05) is 13.1 Å². The molecule has 0 saturated heterocycles. The van der Waals surface area contributed by atoms with Gasteiger partial charge in [-0.2, -0.15) is 13.2 Å². The zero-order valence-corrected chi connectivity index (χ0v) is 10.4. The molecule has 4 heteroatoms. The zero-order chi connectivity index (χ0) is 13.3. The van der Waals surface area contributed by atoms with Crippen LogP contribution < -0.4 is 0 Å². The Bertz CT molecular complexity index is 539. The molecule has 18 heavy (non-hydrogen) atoms. The number of hydrogen-bond acceptors (Lipinski definition) is 0. The van der Waals surface area contributed by atoms with E-state index in [2.05, 4.69) is 11.9 Å². The van der Waals surface area contributed by atoms with Crippen LogP contribution in [0, 0.1) is 0 Å². The van der Waals surface area contributed by atoms with Crippen LogP contribution in [0.5, 0.6) is 0 Å². The van der Waals surface area contributed by atoms with Crippen LogP contribution in [-0.4, -0.2) is 4.98 Å². The van der Waals surface area contributed by atoms with Crippen LogP contribution >= 0.6 is 0 Å². The molecule has 0 saturated carbocycles. The molecular weight excluding hydrogens is 239 g/mol. The number of H-pyrrole nitrogens is 1. The van der Waals surface area contributed by atoms with Crippen molar-refractivity contribution in [3.63, 3.8) is 0 Å². The molecule has 1 aromatic heterocycles. The van der Waals surface area contributed by atoms with Crippen LogP contribution in [0.1, 0.15) is 43.7 Å². The van der Waals surface area contributed by atoms with E-state index in [0.29, 0.717) is 5.39 Å². The molecule has 0 spiro atoms. The molecule has 2 aromatic rings. The van der Waals surface area contributed by atoms with Crippen LogP contribution in [-0.2, 0) is 6.18 Å². The van der Waals surface area contributed by atoms with Crippen LogP contribution in [0.4, 0.5) is 13.2 Å². The summed E-state index contributed by atoms with van der Waals surface area (Å²) in [7, 11) is 0. The first-order valence-electron chi connectivity index (χ1n) is 6.11. The van der Waals surface area contributed by atoms with E-state index in [-0.39, 0.29) is 5.92 Å². The summed E-state index contributed by atoms with van der Waals surface area (Å²) in [4.78, 5) is 3.04. The second kappa shape index (κ2) is 4.67. The number of rotatable bonds is 3. The number of fused-ring (bicyclic) bond motifs is 1. The Morgan fingerprint density at radius 3 is 2.61 bits per heavy atom. The topological polar surface area (TPSA) is 15.8 Å². The van der Waals surface area contributed by atoms with Gasteiger partial charge in [0.2, 0.25) is 0 Å². The first-order valence-corrected chi connectivity index (χ1v) is 6.11. The second-order valence-corrected chi connectivity index (χ2v) is 4.69. The average Bonchev–Trinajstić information content (AvgIpc) is 2.70. The molecular formula is C14H16F3N. The summed E-state index contributed by atoms with van der Waals surface area (Å²) in [6, 6.07) is 3.86. The number of nitrogens with one attached hydrogen (secondary N) is 1. The molecule has 0 aliphatic rings. The van der Waals surface area contributed by atoms with Crippen molar-refractivity contribution in [2.75, 3.05) is 0 Å². The van der Waals surface area contributed by atoms with Gasteiger partial charge >= 0.3 is 6.18 Å². The van der Waals surface area contributed by atoms with Gasteiger partial charge in [-0.25, -0.2) is 0 Å². The predicted molar refractivity (Wildman–Crippen MR) is 66.6 cm³/mol. The maximum atomic E-state index is 12.7. The highest BCUT2D eigenvalue weighted by molar-refractivity contribution is 5.84. The minimum absolute atomic E-state index is 0.271. The standard InChI is InChI=1S/C14H16F3N/c1-3-4-9(2)12-8-18-13-6-5-10(7-11(12)13)14(15,16)17/h5-9,18H,3-4H2,1-2H3. The van der Waals surface area contributed by atoms with Gasteiger partial charge in [-0.3, -0.25) is 0 Å². The predicted octanol–water partition coefficient (Wildman–Crippen LogP) is 5.09. The molecule has 1 nitrogen and oxygen atoms in total. The van der Waals surface area contributed by atoms with Crippen molar-refractivity contribution in [2.24, 2.45) is 0 Å². The lowest BCUT2D eigenvalue weighted by Crippen LogP contribution is -2.04. The van der Waals surface area contributed by atoms with Crippen LogP contribution in [0.2, 0.25) is 0 Å². The van der Waals surface area contributed by atoms with Crippen molar-refractivity contribution in [1.82, 2.24) is 4.98 Å². The zero-order valence-electron chi connectivity index (χ0n) is 10.4. The SMILES string of the molecule is CCCC(C)c1c[nH]c2ccc(C(F)(F)F)cc12. The highest BCUT2D eigenvalue weighted by Crippen LogP contribution is 2.34. The highest BCUT2D eigenvalue weighted by Gasteiger charge is 2.30. The van der Waals surface area contributed by atoms with Crippen molar-refractivity contribution >= 4 is 10.9 Å². The minimum atomic E-state index is -4.28. The summed E-state index contributed by atoms with van der Waals surface area (Å²) in [5, 5.41) is 0.686. The van der Waals surface area contributed by atoms with Gasteiger partial charge < -0.3 is 4.98 Å². The molecule has 98 valence electrons. The lowest BCUT2D eigenvalue weighted by molar-refractivity contribution is -0.137. The Morgan fingerprint density at radius 1 is 1.28 bits per heavy atom. The van der Waals surface area contributed by atoms with E-state index in [1.54, 1.807) is 0 Å². The lowest BCUT2D eigenvalue weighted by Gasteiger charge is -2.10. The lowest BCUT2D eigenvalue weighted by atomic mass is 9.95. The summed E-state index contributed by atoms with van der Waals surface area (Å²) in [6.07, 6.45) is -0.460. The van der Waals surface area contributed by atoms with E-state index in [9.17, 15) is 13.2 Å². The van der Waals surface area contributed by atoms with Crippen LogP contribution in [0.15, 0.2) is 24.4 Å². The van der Waals surface area contributed by atoms with E-state index in [1.165, 1.54) is 12.1 Å². The number of aromatic nitrogens is 1. The fourth-order valence-electron chi connectivity index (χ4n) is 2.31. The molecule has 0 fully saturated rings. The average molecular weight is 255 g/mol. The van der Waals surface area contributed by atoms with Crippen molar-refractivity contribution in [3.8, 4) is 0 Å². The van der Waals surface area contributed by atoms with Gasteiger partial charge in [-0.1, -0.05) is 20.3 Å². The Kier molecular flexibility index (Phi) is 3.37. The van der Waals surface area contributed by atoms with E-state index in [0.717, 1.165) is 30.0 Å². The molecule has 1 unspecified atom stereocenters. The summed E-state index contributed by atoms with van der Waals surface area (Å²) in [5.74, 6) is 0.271. The van der Waals surface area contributed by atoms with Crippen molar-refractivity contribution in [3.05, 3.63) is 35.5 Å². The second-order valence-electron chi connectivity index (χ2n) is 4.69. The quantitative estimate of drug-likeness (QED) is 0.786. The number of alkyl halides is 3. The summed E-state index contributed by atoms with van der Waals surface area (Å²) in [5.41, 5.74) is 1.15. The third kappa shape index (κ3) is 2.37. The maximum Gasteiger partial charge on any atom is 0.416 e. The number of benzene rings is 1. The molecule has 1 atom stereocenters. The van der Waals surface area contributed by atoms with Crippen LogP contribution in [0.25, 0.3) is 10.9 Å². The van der Waals surface area contributed by atoms with Gasteiger partial charge in [0.05, 0.1) is 5.56 Å². The van der Waals surface area contributed by atoms with Gasteiger partial charge in [-0.05, 0) is 36.1 Å². The molecule has 0 aliphatic heterocycles. The normalized spacial score (nSPS) is 14.1. The van der Waals surface area contributed by atoms with Gasteiger partial charge in [-0.15, -0.1) is 0 Å². The first-order chi connectivity index (χ1) is 8.43. The monoisotopic (exact) mass is 255 g/mol. The van der Waals surface area contributed by atoms with Gasteiger partial charge in [0.25, 0.3) is 0 Å². The Hall–Kier alpha value is -1.45.